The van der Waals surface area contributed by atoms with Gasteiger partial charge in [0.1, 0.15) is 5.01 Å². The van der Waals surface area contributed by atoms with Crippen molar-refractivity contribution in [1.82, 2.24) is 20.4 Å². The topological polar surface area (TPSA) is 92.5 Å². The summed E-state index contributed by atoms with van der Waals surface area (Å²) in [4.78, 5) is 0. The van der Waals surface area contributed by atoms with Gasteiger partial charge in [-0.25, -0.2) is 0 Å². The maximum atomic E-state index is 6.23. The fourth-order valence-electron chi connectivity index (χ4n) is 2.98. The van der Waals surface area contributed by atoms with Gasteiger partial charge < -0.3 is 11.1 Å². The van der Waals surface area contributed by atoms with E-state index in [4.69, 9.17) is 17.3 Å². The summed E-state index contributed by atoms with van der Waals surface area (Å²) in [5, 5.41) is 22.4. The van der Waals surface area contributed by atoms with Gasteiger partial charge in [0.2, 0.25) is 5.13 Å². The monoisotopic (exact) mass is 398 g/mol. The summed E-state index contributed by atoms with van der Waals surface area (Å²) >= 11 is 7.43. The fraction of sp³-hybridized carbons (Fsp3) is 0.211. The van der Waals surface area contributed by atoms with E-state index in [1.165, 1.54) is 11.3 Å². The zero-order chi connectivity index (χ0) is 18.8. The van der Waals surface area contributed by atoms with Gasteiger partial charge in [-0.1, -0.05) is 35.1 Å². The van der Waals surface area contributed by atoms with Crippen molar-refractivity contribution in [2.45, 2.75) is 19.4 Å². The minimum Gasteiger partial charge on any atom is -0.359 e. The SMILES string of the molecule is Cc1cc(-c2nnc(NCC(N)Cc3ccc(Cl)cc3)s2)cc2cn[nH]c12. The van der Waals surface area contributed by atoms with E-state index in [2.05, 4.69) is 44.8 Å². The lowest BCUT2D eigenvalue weighted by Gasteiger charge is -2.12. The molecule has 0 aliphatic carbocycles. The van der Waals surface area contributed by atoms with Crippen LogP contribution in [0.3, 0.4) is 0 Å². The van der Waals surface area contributed by atoms with E-state index in [1.54, 1.807) is 0 Å². The molecule has 0 saturated carbocycles. The third-order valence-corrected chi connectivity index (χ3v) is 5.53. The Balaban J connectivity index is 1.40. The highest BCUT2D eigenvalue weighted by Crippen LogP contribution is 2.30. The smallest absolute Gasteiger partial charge is 0.206 e. The van der Waals surface area contributed by atoms with Gasteiger partial charge in [-0.2, -0.15) is 5.10 Å². The quantitative estimate of drug-likeness (QED) is 0.456. The number of anilines is 1. The maximum absolute atomic E-state index is 6.23. The van der Waals surface area contributed by atoms with E-state index in [9.17, 15) is 0 Å². The van der Waals surface area contributed by atoms with Gasteiger partial charge in [0.05, 0.1) is 11.7 Å². The molecule has 0 fully saturated rings. The van der Waals surface area contributed by atoms with Gasteiger partial charge in [0.25, 0.3) is 0 Å². The van der Waals surface area contributed by atoms with Crippen LogP contribution in [0.25, 0.3) is 21.5 Å². The Kier molecular flexibility index (Phi) is 5.07. The number of nitrogens with zero attached hydrogens (tertiary/aromatic N) is 3. The van der Waals surface area contributed by atoms with Crippen LogP contribution in [0.15, 0.2) is 42.6 Å². The van der Waals surface area contributed by atoms with Gasteiger partial charge in [-0.05, 0) is 48.7 Å². The number of aromatic nitrogens is 4. The second-order valence-corrected chi connectivity index (χ2v) is 7.93. The van der Waals surface area contributed by atoms with Gasteiger partial charge in [-0.3, -0.25) is 5.10 Å². The van der Waals surface area contributed by atoms with Crippen LogP contribution in [0.4, 0.5) is 5.13 Å². The number of nitrogens with one attached hydrogen (secondary N) is 2. The predicted molar refractivity (Wildman–Crippen MR) is 111 cm³/mol. The van der Waals surface area contributed by atoms with E-state index >= 15 is 0 Å². The first kappa shape index (κ1) is 17.9. The highest BCUT2D eigenvalue weighted by atomic mass is 35.5. The summed E-state index contributed by atoms with van der Waals surface area (Å²) in [6.45, 7) is 2.68. The van der Waals surface area contributed by atoms with E-state index in [0.717, 1.165) is 49.2 Å². The summed E-state index contributed by atoms with van der Waals surface area (Å²) in [6.07, 6.45) is 2.59. The zero-order valence-electron chi connectivity index (χ0n) is 14.7. The van der Waals surface area contributed by atoms with Crippen molar-refractivity contribution in [3.05, 3.63) is 58.7 Å². The highest BCUT2D eigenvalue weighted by molar-refractivity contribution is 7.18. The molecule has 0 spiro atoms. The molecule has 4 rings (SSSR count). The molecule has 0 bridgehead atoms. The summed E-state index contributed by atoms with van der Waals surface area (Å²) in [6, 6.07) is 11.9. The van der Waals surface area contributed by atoms with E-state index < -0.39 is 0 Å². The first-order chi connectivity index (χ1) is 13.1. The largest absolute Gasteiger partial charge is 0.359 e. The first-order valence-electron chi connectivity index (χ1n) is 8.60. The van der Waals surface area contributed by atoms with Crippen LogP contribution in [0.2, 0.25) is 5.02 Å². The Morgan fingerprint density at radius 2 is 2.04 bits per heavy atom. The molecule has 138 valence electrons. The molecule has 6 nitrogen and oxygen atoms in total. The number of nitrogens with two attached hydrogens (primary N) is 1. The minimum atomic E-state index is -0.0250. The molecular weight excluding hydrogens is 380 g/mol. The molecule has 0 amide bonds. The lowest BCUT2D eigenvalue weighted by Crippen LogP contribution is -2.31. The number of benzene rings is 2. The standard InChI is InChI=1S/C19H19ClN6S/c1-11-6-13(8-14-9-23-24-17(11)14)18-25-26-19(27-18)22-10-16(21)7-12-2-4-15(20)5-3-12/h2-6,8-9,16H,7,10,21H2,1H3,(H,22,26)(H,23,24). The molecule has 2 heterocycles. The van der Waals surface area contributed by atoms with Crippen LogP contribution in [0.1, 0.15) is 11.1 Å². The number of aromatic amines is 1. The van der Waals surface area contributed by atoms with Crippen LogP contribution >= 0.6 is 22.9 Å². The number of fused-ring (bicyclic) bond motifs is 1. The van der Waals surface area contributed by atoms with Crippen LogP contribution in [0, 0.1) is 6.92 Å². The Hall–Kier alpha value is -2.48. The third kappa shape index (κ3) is 4.10. The number of rotatable bonds is 6. The number of halogens is 1. The molecule has 0 radical (unpaired) electrons. The Morgan fingerprint density at radius 1 is 1.22 bits per heavy atom. The van der Waals surface area contributed by atoms with Crippen molar-refractivity contribution in [2.75, 3.05) is 11.9 Å². The molecule has 0 aliphatic rings. The lowest BCUT2D eigenvalue weighted by molar-refractivity contribution is 0.698. The molecule has 2 aromatic carbocycles. The molecule has 8 heteroatoms. The molecule has 27 heavy (non-hydrogen) atoms. The molecule has 0 aliphatic heterocycles. The summed E-state index contributed by atoms with van der Waals surface area (Å²) in [5.41, 5.74) is 10.6. The van der Waals surface area contributed by atoms with Crippen LogP contribution in [0.5, 0.6) is 0 Å². The molecule has 2 aromatic heterocycles. The predicted octanol–water partition coefficient (Wildman–Crippen LogP) is 4.03. The van der Waals surface area contributed by atoms with Gasteiger partial charge in [0.15, 0.2) is 0 Å². The first-order valence-corrected chi connectivity index (χ1v) is 9.79. The molecular formula is C19H19ClN6S. The Labute approximate surface area is 165 Å². The maximum Gasteiger partial charge on any atom is 0.206 e. The second-order valence-electron chi connectivity index (χ2n) is 6.51. The molecule has 4 aromatic rings. The van der Waals surface area contributed by atoms with Crippen molar-refractivity contribution >= 4 is 39.0 Å². The lowest BCUT2D eigenvalue weighted by atomic mass is 10.1. The zero-order valence-corrected chi connectivity index (χ0v) is 16.3. The van der Waals surface area contributed by atoms with E-state index in [0.29, 0.717) is 6.54 Å². The molecule has 1 unspecified atom stereocenters. The van der Waals surface area contributed by atoms with Crippen molar-refractivity contribution in [1.29, 1.82) is 0 Å². The van der Waals surface area contributed by atoms with Gasteiger partial charge in [-0.15, -0.1) is 10.2 Å². The van der Waals surface area contributed by atoms with Crippen LogP contribution < -0.4 is 11.1 Å². The molecule has 1 atom stereocenters. The van der Waals surface area contributed by atoms with Crippen LogP contribution in [-0.2, 0) is 6.42 Å². The minimum absolute atomic E-state index is 0.0250. The number of aryl methyl sites for hydroxylation is 1. The average Bonchev–Trinajstić information content (AvgIpc) is 3.31. The summed E-state index contributed by atoms with van der Waals surface area (Å²) in [7, 11) is 0. The van der Waals surface area contributed by atoms with Crippen molar-refractivity contribution in [3.8, 4) is 10.6 Å². The van der Waals surface area contributed by atoms with Gasteiger partial charge in [0, 0.05) is 28.6 Å². The second kappa shape index (κ2) is 7.64. The number of hydrogen-bond acceptors (Lipinski definition) is 6. The van der Waals surface area contributed by atoms with E-state index in [1.807, 2.05) is 30.5 Å². The highest BCUT2D eigenvalue weighted by Gasteiger charge is 2.11. The molecule has 4 N–H and O–H groups in total. The van der Waals surface area contributed by atoms with E-state index in [-0.39, 0.29) is 6.04 Å². The number of hydrogen-bond donors (Lipinski definition) is 3. The van der Waals surface area contributed by atoms with Crippen molar-refractivity contribution in [3.63, 3.8) is 0 Å². The van der Waals surface area contributed by atoms with Crippen LogP contribution in [-0.4, -0.2) is 33.0 Å². The average molecular weight is 399 g/mol. The third-order valence-electron chi connectivity index (χ3n) is 4.34. The van der Waals surface area contributed by atoms with Crippen molar-refractivity contribution in [2.24, 2.45) is 5.73 Å². The van der Waals surface area contributed by atoms with Gasteiger partial charge >= 0.3 is 0 Å². The summed E-state index contributed by atoms with van der Waals surface area (Å²) < 4.78 is 0. The fourth-order valence-corrected chi connectivity index (χ4v) is 3.85. The summed E-state index contributed by atoms with van der Waals surface area (Å²) in [5.74, 6) is 0. The Morgan fingerprint density at radius 3 is 2.85 bits per heavy atom. The Bertz CT molecular complexity index is 1060. The normalized spacial score (nSPS) is 12.4. The number of H-pyrrole nitrogens is 1. The molecule has 0 saturated heterocycles. The van der Waals surface area contributed by atoms with Crippen molar-refractivity contribution < 1.29 is 0 Å².